The summed E-state index contributed by atoms with van der Waals surface area (Å²) in [6.45, 7) is 0. The van der Waals surface area contributed by atoms with E-state index in [0.717, 1.165) is 5.56 Å². The van der Waals surface area contributed by atoms with E-state index in [-0.39, 0.29) is 5.56 Å². The number of alkyl halides is 2. The van der Waals surface area contributed by atoms with E-state index in [2.05, 4.69) is 0 Å². The van der Waals surface area contributed by atoms with E-state index in [4.69, 9.17) is 10.5 Å². The number of hydrogen-bond donors (Lipinski definition) is 1. The van der Waals surface area contributed by atoms with Crippen LogP contribution in [0.15, 0.2) is 42.5 Å². The molecule has 0 saturated heterocycles. The Morgan fingerprint density at radius 1 is 1.11 bits per heavy atom. The number of nitrogen functional groups attached to an aromatic ring is 1. The SMILES string of the molecule is COc1ccccc1-c1cc(N)cc(C(F)F)c1. The van der Waals surface area contributed by atoms with Crippen LogP contribution in [0.2, 0.25) is 0 Å². The van der Waals surface area contributed by atoms with Crippen molar-refractivity contribution in [3.05, 3.63) is 48.0 Å². The predicted octanol–water partition coefficient (Wildman–Crippen LogP) is 3.88. The van der Waals surface area contributed by atoms with Crippen LogP contribution in [0.1, 0.15) is 12.0 Å². The third kappa shape index (κ3) is 2.42. The van der Waals surface area contributed by atoms with Gasteiger partial charge in [0.05, 0.1) is 7.11 Å². The standard InChI is InChI=1S/C14H13F2NO/c1-18-13-5-3-2-4-12(13)9-6-10(14(15)16)8-11(17)7-9/h2-8,14H,17H2,1H3. The van der Waals surface area contributed by atoms with Gasteiger partial charge in [-0.3, -0.25) is 0 Å². The van der Waals surface area contributed by atoms with E-state index in [0.29, 0.717) is 17.0 Å². The number of para-hydroxylation sites is 1. The maximum Gasteiger partial charge on any atom is 0.263 e. The van der Waals surface area contributed by atoms with Crippen molar-refractivity contribution < 1.29 is 13.5 Å². The zero-order chi connectivity index (χ0) is 13.1. The lowest BCUT2D eigenvalue weighted by Gasteiger charge is -2.11. The highest BCUT2D eigenvalue weighted by Gasteiger charge is 2.12. The van der Waals surface area contributed by atoms with Crippen molar-refractivity contribution >= 4 is 5.69 Å². The summed E-state index contributed by atoms with van der Waals surface area (Å²) in [6.07, 6.45) is -2.54. The molecular formula is C14H13F2NO. The van der Waals surface area contributed by atoms with Crippen LogP contribution in [0.25, 0.3) is 11.1 Å². The van der Waals surface area contributed by atoms with Gasteiger partial charge in [0.25, 0.3) is 6.43 Å². The van der Waals surface area contributed by atoms with Crippen molar-refractivity contribution in [2.45, 2.75) is 6.43 Å². The van der Waals surface area contributed by atoms with Crippen LogP contribution < -0.4 is 10.5 Å². The van der Waals surface area contributed by atoms with Gasteiger partial charge in [-0.05, 0) is 29.8 Å². The summed E-state index contributed by atoms with van der Waals surface area (Å²) in [7, 11) is 1.54. The molecule has 0 aliphatic heterocycles. The Morgan fingerprint density at radius 3 is 2.50 bits per heavy atom. The summed E-state index contributed by atoms with van der Waals surface area (Å²) in [5.41, 5.74) is 7.25. The summed E-state index contributed by atoms with van der Waals surface area (Å²) in [5, 5.41) is 0. The summed E-state index contributed by atoms with van der Waals surface area (Å²) in [4.78, 5) is 0. The van der Waals surface area contributed by atoms with Gasteiger partial charge in [-0.1, -0.05) is 18.2 Å². The van der Waals surface area contributed by atoms with Crippen molar-refractivity contribution in [2.24, 2.45) is 0 Å². The first-order valence-corrected chi connectivity index (χ1v) is 5.44. The van der Waals surface area contributed by atoms with Gasteiger partial charge in [-0.2, -0.15) is 0 Å². The van der Waals surface area contributed by atoms with Crippen molar-refractivity contribution in [2.75, 3.05) is 12.8 Å². The van der Waals surface area contributed by atoms with E-state index < -0.39 is 6.43 Å². The Kier molecular flexibility index (Phi) is 3.46. The van der Waals surface area contributed by atoms with Crippen LogP contribution in [-0.4, -0.2) is 7.11 Å². The summed E-state index contributed by atoms with van der Waals surface area (Å²) >= 11 is 0. The normalized spacial score (nSPS) is 10.7. The average molecular weight is 249 g/mol. The molecule has 0 bridgehead atoms. The maximum atomic E-state index is 12.7. The van der Waals surface area contributed by atoms with E-state index in [9.17, 15) is 8.78 Å². The first-order chi connectivity index (χ1) is 8.61. The molecule has 0 aromatic heterocycles. The molecule has 2 aromatic carbocycles. The number of halogens is 2. The molecule has 0 heterocycles. The lowest BCUT2D eigenvalue weighted by atomic mass is 10.0. The predicted molar refractivity (Wildman–Crippen MR) is 67.8 cm³/mol. The third-order valence-electron chi connectivity index (χ3n) is 2.65. The average Bonchev–Trinajstić information content (AvgIpc) is 2.38. The first-order valence-electron chi connectivity index (χ1n) is 5.44. The Labute approximate surface area is 104 Å². The highest BCUT2D eigenvalue weighted by Crippen LogP contribution is 2.33. The van der Waals surface area contributed by atoms with Crippen molar-refractivity contribution in [1.29, 1.82) is 0 Å². The topological polar surface area (TPSA) is 35.2 Å². The van der Waals surface area contributed by atoms with Gasteiger partial charge in [0, 0.05) is 16.8 Å². The van der Waals surface area contributed by atoms with E-state index >= 15 is 0 Å². The van der Waals surface area contributed by atoms with Gasteiger partial charge in [0.2, 0.25) is 0 Å². The fourth-order valence-corrected chi connectivity index (χ4v) is 1.84. The minimum Gasteiger partial charge on any atom is -0.496 e. The lowest BCUT2D eigenvalue weighted by Crippen LogP contribution is -1.93. The molecule has 0 amide bonds. The fourth-order valence-electron chi connectivity index (χ4n) is 1.84. The van der Waals surface area contributed by atoms with Crippen LogP contribution in [0.4, 0.5) is 14.5 Å². The number of hydrogen-bond acceptors (Lipinski definition) is 2. The Balaban J connectivity index is 2.56. The number of benzene rings is 2. The molecule has 2 nitrogen and oxygen atoms in total. The second-order valence-corrected chi connectivity index (χ2v) is 3.89. The van der Waals surface area contributed by atoms with Crippen molar-refractivity contribution in [3.8, 4) is 16.9 Å². The minimum absolute atomic E-state index is 0.0871. The monoisotopic (exact) mass is 249 g/mol. The highest BCUT2D eigenvalue weighted by atomic mass is 19.3. The quantitative estimate of drug-likeness (QED) is 0.838. The number of methoxy groups -OCH3 is 1. The summed E-state index contributed by atoms with van der Waals surface area (Å²) in [6, 6.07) is 11.6. The number of nitrogens with two attached hydrogens (primary N) is 1. The van der Waals surface area contributed by atoms with Crippen LogP contribution in [0.5, 0.6) is 5.75 Å². The van der Waals surface area contributed by atoms with E-state index in [1.54, 1.807) is 19.2 Å². The first kappa shape index (κ1) is 12.4. The molecule has 2 aromatic rings. The van der Waals surface area contributed by atoms with Gasteiger partial charge in [0.15, 0.2) is 0 Å². The van der Waals surface area contributed by atoms with Crippen LogP contribution >= 0.6 is 0 Å². The molecule has 0 fully saturated rings. The van der Waals surface area contributed by atoms with Crippen LogP contribution in [-0.2, 0) is 0 Å². The van der Waals surface area contributed by atoms with Gasteiger partial charge in [-0.25, -0.2) is 8.78 Å². The van der Waals surface area contributed by atoms with Crippen LogP contribution in [0.3, 0.4) is 0 Å². The largest absolute Gasteiger partial charge is 0.496 e. The molecular weight excluding hydrogens is 236 g/mol. The molecule has 0 atom stereocenters. The zero-order valence-corrected chi connectivity index (χ0v) is 9.86. The van der Waals surface area contributed by atoms with Gasteiger partial charge < -0.3 is 10.5 Å². The molecule has 0 aliphatic rings. The van der Waals surface area contributed by atoms with E-state index in [1.165, 1.54) is 12.1 Å². The Morgan fingerprint density at radius 2 is 1.83 bits per heavy atom. The number of rotatable bonds is 3. The van der Waals surface area contributed by atoms with E-state index in [1.807, 2.05) is 18.2 Å². The summed E-state index contributed by atoms with van der Waals surface area (Å²) < 4.78 is 30.7. The second-order valence-electron chi connectivity index (χ2n) is 3.89. The molecule has 0 unspecified atom stereocenters. The van der Waals surface area contributed by atoms with Gasteiger partial charge >= 0.3 is 0 Å². The molecule has 94 valence electrons. The lowest BCUT2D eigenvalue weighted by molar-refractivity contribution is 0.151. The Bertz CT molecular complexity index is 555. The smallest absolute Gasteiger partial charge is 0.263 e. The molecule has 2 N–H and O–H groups in total. The summed E-state index contributed by atoms with van der Waals surface area (Å²) in [5.74, 6) is 0.628. The van der Waals surface area contributed by atoms with Crippen molar-refractivity contribution in [3.63, 3.8) is 0 Å². The zero-order valence-electron chi connectivity index (χ0n) is 9.86. The van der Waals surface area contributed by atoms with Gasteiger partial charge in [-0.15, -0.1) is 0 Å². The molecule has 4 heteroatoms. The molecule has 18 heavy (non-hydrogen) atoms. The second kappa shape index (κ2) is 5.04. The maximum absolute atomic E-state index is 12.7. The number of anilines is 1. The van der Waals surface area contributed by atoms with Gasteiger partial charge in [0.1, 0.15) is 5.75 Å². The highest BCUT2D eigenvalue weighted by molar-refractivity contribution is 5.73. The molecule has 0 saturated carbocycles. The molecule has 0 aliphatic carbocycles. The minimum atomic E-state index is -2.54. The Hall–Kier alpha value is -2.10. The number of ether oxygens (including phenoxy) is 1. The van der Waals surface area contributed by atoms with Crippen molar-refractivity contribution in [1.82, 2.24) is 0 Å². The molecule has 0 radical (unpaired) electrons. The fraction of sp³-hybridized carbons (Fsp3) is 0.143. The van der Waals surface area contributed by atoms with Crippen LogP contribution in [0, 0.1) is 0 Å². The molecule has 2 rings (SSSR count). The third-order valence-corrected chi connectivity index (χ3v) is 2.65. The molecule has 0 spiro atoms.